The van der Waals surface area contributed by atoms with Crippen LogP contribution in [-0.4, -0.2) is 41.7 Å². The zero-order valence-corrected chi connectivity index (χ0v) is 18.9. The predicted molar refractivity (Wildman–Crippen MR) is 121 cm³/mol. The molecular weight excluding hydrogens is 454 g/mol. The van der Waals surface area contributed by atoms with Crippen molar-refractivity contribution in [3.63, 3.8) is 0 Å². The van der Waals surface area contributed by atoms with E-state index in [1.807, 2.05) is 49.4 Å². The summed E-state index contributed by atoms with van der Waals surface area (Å²) >= 11 is 4.90. The molecule has 0 aliphatic carbocycles. The number of amides is 1. The molecule has 2 aromatic carbocycles. The second kappa shape index (κ2) is 9.93. The van der Waals surface area contributed by atoms with Gasteiger partial charge in [-0.1, -0.05) is 46.7 Å². The van der Waals surface area contributed by atoms with Crippen LogP contribution in [0.1, 0.15) is 24.5 Å². The van der Waals surface area contributed by atoms with Crippen molar-refractivity contribution in [2.45, 2.75) is 25.1 Å². The molecule has 1 heterocycles. The third-order valence-electron chi connectivity index (χ3n) is 4.42. The van der Waals surface area contributed by atoms with Crippen molar-refractivity contribution in [2.75, 3.05) is 14.2 Å². The van der Waals surface area contributed by atoms with Gasteiger partial charge in [0.25, 0.3) is 0 Å². The number of amidine groups is 1. The first kappa shape index (κ1) is 21.4. The number of methoxy groups -OCH3 is 2. The molecular formula is C21H22BrN3O3S. The number of nitrogens with zero attached hydrogens (tertiary/aromatic N) is 3. The summed E-state index contributed by atoms with van der Waals surface area (Å²) in [5, 5.41) is 9.03. The second-order valence-corrected chi connectivity index (χ2v) is 8.39. The number of benzene rings is 2. The highest BCUT2D eigenvalue weighted by atomic mass is 79.9. The van der Waals surface area contributed by atoms with Crippen molar-refractivity contribution in [1.29, 1.82) is 0 Å². The third-order valence-corrected chi connectivity index (χ3v) is 6.25. The van der Waals surface area contributed by atoms with E-state index in [0.29, 0.717) is 17.5 Å². The number of thioether (sulfide) groups is 1. The second-order valence-electron chi connectivity index (χ2n) is 6.30. The van der Waals surface area contributed by atoms with Crippen LogP contribution >= 0.6 is 27.7 Å². The molecule has 0 saturated carbocycles. The lowest BCUT2D eigenvalue weighted by molar-refractivity contribution is -0.126. The van der Waals surface area contributed by atoms with Gasteiger partial charge in [0.1, 0.15) is 11.5 Å². The van der Waals surface area contributed by atoms with Crippen LogP contribution in [0.25, 0.3) is 0 Å². The largest absolute Gasteiger partial charge is 0.497 e. The van der Waals surface area contributed by atoms with Gasteiger partial charge in [-0.25, -0.2) is 0 Å². The number of carbonyl (C=O) groups is 1. The molecule has 0 unspecified atom stereocenters. The minimum atomic E-state index is -0.136. The third kappa shape index (κ3) is 5.19. The number of carbonyl (C=O) groups excluding carboxylic acids is 1. The Hall–Kier alpha value is -2.32. The van der Waals surface area contributed by atoms with Gasteiger partial charge in [0, 0.05) is 10.0 Å². The highest BCUT2D eigenvalue weighted by Crippen LogP contribution is 2.31. The van der Waals surface area contributed by atoms with Gasteiger partial charge in [0.2, 0.25) is 5.91 Å². The average Bonchev–Trinajstić information content (AvgIpc) is 3.03. The zero-order valence-electron chi connectivity index (χ0n) is 16.5. The minimum Gasteiger partial charge on any atom is -0.497 e. The van der Waals surface area contributed by atoms with Gasteiger partial charge in [-0.3, -0.25) is 9.69 Å². The molecule has 1 aliphatic heterocycles. The highest BCUT2D eigenvalue weighted by Gasteiger charge is 2.36. The Morgan fingerprint density at radius 3 is 2.59 bits per heavy atom. The minimum absolute atomic E-state index is 0.0577. The van der Waals surface area contributed by atoms with E-state index in [-0.39, 0.29) is 11.2 Å². The Kier molecular flexibility index (Phi) is 7.33. The van der Waals surface area contributed by atoms with E-state index in [9.17, 15) is 4.79 Å². The smallest absolute Gasteiger partial charge is 0.242 e. The van der Waals surface area contributed by atoms with Crippen LogP contribution in [-0.2, 0) is 11.3 Å². The molecule has 1 amide bonds. The quantitative estimate of drug-likeness (QED) is 0.429. The van der Waals surface area contributed by atoms with E-state index in [2.05, 4.69) is 26.1 Å². The fraction of sp³-hybridized carbons (Fsp3) is 0.286. The summed E-state index contributed by atoms with van der Waals surface area (Å²) < 4.78 is 11.5. The predicted octanol–water partition coefficient (Wildman–Crippen LogP) is 4.71. The number of hydrogen-bond donors (Lipinski definition) is 0. The summed E-state index contributed by atoms with van der Waals surface area (Å²) in [7, 11) is 3.24. The standard InChI is InChI=1S/C21H22BrN3O3S/c1-4-19-20(26)25(13-14-5-8-17(27-2)9-6-14)21(29-19)24-23-12-15-11-16(22)7-10-18(15)28-3/h5-12,19H,4,13H2,1-3H3/b23-12-,24-21+/t19-/m0/s1. The lowest BCUT2D eigenvalue weighted by Gasteiger charge is -2.16. The summed E-state index contributed by atoms with van der Waals surface area (Å²) in [5.41, 5.74) is 1.80. The molecule has 2 aromatic rings. The van der Waals surface area contributed by atoms with Crippen LogP contribution < -0.4 is 9.47 Å². The fourth-order valence-electron chi connectivity index (χ4n) is 2.85. The Bertz CT molecular complexity index is 931. The van der Waals surface area contributed by atoms with Gasteiger partial charge < -0.3 is 9.47 Å². The van der Waals surface area contributed by atoms with Crippen LogP contribution in [0.5, 0.6) is 11.5 Å². The summed E-state index contributed by atoms with van der Waals surface area (Å²) in [6.07, 6.45) is 2.37. The Balaban J connectivity index is 1.82. The molecule has 0 radical (unpaired) electrons. The van der Waals surface area contributed by atoms with Crippen molar-refractivity contribution in [3.8, 4) is 11.5 Å². The highest BCUT2D eigenvalue weighted by molar-refractivity contribution is 9.10. The molecule has 3 rings (SSSR count). The molecule has 1 fully saturated rings. The lowest BCUT2D eigenvalue weighted by Crippen LogP contribution is -2.31. The maximum absolute atomic E-state index is 12.8. The van der Waals surface area contributed by atoms with Gasteiger partial charge in [-0.15, -0.1) is 5.10 Å². The van der Waals surface area contributed by atoms with Crippen LogP contribution in [0.2, 0.25) is 0 Å². The first-order chi connectivity index (χ1) is 14.0. The molecule has 0 N–H and O–H groups in total. The molecule has 8 heteroatoms. The normalized spacial score (nSPS) is 18.1. The summed E-state index contributed by atoms with van der Waals surface area (Å²) in [4.78, 5) is 14.5. The number of ether oxygens (including phenoxy) is 2. The van der Waals surface area contributed by atoms with E-state index in [4.69, 9.17) is 9.47 Å². The van der Waals surface area contributed by atoms with E-state index in [1.165, 1.54) is 11.8 Å². The SMILES string of the molecule is CC[C@@H]1S/C(=N/N=C\c2cc(Br)ccc2OC)N(Cc2ccc(OC)cc2)C1=O. The Morgan fingerprint density at radius 2 is 1.93 bits per heavy atom. The van der Waals surface area contributed by atoms with Crippen molar-refractivity contribution >= 4 is 45.0 Å². The molecule has 29 heavy (non-hydrogen) atoms. The Labute approximate surface area is 183 Å². The van der Waals surface area contributed by atoms with Crippen molar-refractivity contribution in [2.24, 2.45) is 10.2 Å². The van der Waals surface area contributed by atoms with E-state index in [1.54, 1.807) is 25.3 Å². The number of rotatable bonds is 7. The molecule has 0 bridgehead atoms. The number of halogens is 1. The molecule has 6 nitrogen and oxygen atoms in total. The van der Waals surface area contributed by atoms with E-state index >= 15 is 0 Å². The van der Waals surface area contributed by atoms with Crippen molar-refractivity contribution in [1.82, 2.24) is 4.90 Å². The molecule has 152 valence electrons. The molecule has 0 spiro atoms. The molecule has 1 saturated heterocycles. The monoisotopic (exact) mass is 475 g/mol. The maximum Gasteiger partial charge on any atom is 0.242 e. The van der Waals surface area contributed by atoms with Crippen molar-refractivity contribution < 1.29 is 14.3 Å². The van der Waals surface area contributed by atoms with E-state index < -0.39 is 0 Å². The summed E-state index contributed by atoms with van der Waals surface area (Å²) in [6, 6.07) is 13.3. The van der Waals surface area contributed by atoms with Gasteiger partial charge in [0.15, 0.2) is 5.17 Å². The van der Waals surface area contributed by atoms with Gasteiger partial charge in [-0.05, 0) is 42.3 Å². The number of hydrogen-bond acceptors (Lipinski definition) is 6. The lowest BCUT2D eigenvalue weighted by atomic mass is 10.2. The summed E-state index contributed by atoms with van der Waals surface area (Å²) in [6.45, 7) is 2.45. The van der Waals surface area contributed by atoms with Crippen LogP contribution in [0.3, 0.4) is 0 Å². The molecule has 1 atom stereocenters. The van der Waals surface area contributed by atoms with Gasteiger partial charge in [0.05, 0.1) is 32.2 Å². The van der Waals surface area contributed by atoms with E-state index in [0.717, 1.165) is 27.8 Å². The first-order valence-corrected chi connectivity index (χ1v) is 10.8. The first-order valence-electron chi connectivity index (χ1n) is 9.11. The van der Waals surface area contributed by atoms with Crippen LogP contribution in [0, 0.1) is 0 Å². The van der Waals surface area contributed by atoms with Gasteiger partial charge >= 0.3 is 0 Å². The maximum atomic E-state index is 12.8. The molecule has 1 aliphatic rings. The van der Waals surface area contributed by atoms with Crippen molar-refractivity contribution in [3.05, 3.63) is 58.1 Å². The topological polar surface area (TPSA) is 63.5 Å². The van der Waals surface area contributed by atoms with Gasteiger partial charge in [-0.2, -0.15) is 5.10 Å². The zero-order chi connectivity index (χ0) is 20.8. The van der Waals surface area contributed by atoms with Crippen LogP contribution in [0.4, 0.5) is 0 Å². The fourth-order valence-corrected chi connectivity index (χ4v) is 4.25. The van der Waals surface area contributed by atoms with Crippen LogP contribution in [0.15, 0.2) is 57.1 Å². The average molecular weight is 476 g/mol. The molecule has 0 aromatic heterocycles. The Morgan fingerprint density at radius 1 is 1.17 bits per heavy atom. The summed E-state index contributed by atoms with van der Waals surface area (Å²) in [5.74, 6) is 1.54.